The summed E-state index contributed by atoms with van der Waals surface area (Å²) >= 11 is 0. The SMILES string of the molecule is CC.Cc1nc(C(=O)O)ccc1C#N. The Morgan fingerprint density at radius 3 is 2.43 bits per heavy atom. The number of carboxylic acid groups (broad SMARTS) is 1. The van der Waals surface area contributed by atoms with Crippen LogP contribution in [-0.4, -0.2) is 16.1 Å². The predicted molar refractivity (Wildman–Crippen MR) is 52.0 cm³/mol. The van der Waals surface area contributed by atoms with Gasteiger partial charge in [-0.05, 0) is 19.1 Å². The Hall–Kier alpha value is -1.89. The first-order valence-corrected chi connectivity index (χ1v) is 4.26. The molecule has 0 atom stereocenters. The first kappa shape index (κ1) is 12.1. The van der Waals surface area contributed by atoms with E-state index >= 15 is 0 Å². The predicted octanol–water partition coefficient (Wildman–Crippen LogP) is 1.99. The number of aromatic nitrogens is 1. The minimum atomic E-state index is -1.08. The summed E-state index contributed by atoms with van der Waals surface area (Å²) < 4.78 is 0. The first-order valence-electron chi connectivity index (χ1n) is 4.26. The fraction of sp³-hybridized carbons (Fsp3) is 0.300. The summed E-state index contributed by atoms with van der Waals surface area (Å²) in [4.78, 5) is 14.1. The fourth-order valence-electron chi connectivity index (χ4n) is 0.798. The molecule has 0 aliphatic heterocycles. The number of rotatable bonds is 1. The summed E-state index contributed by atoms with van der Waals surface area (Å²) in [5.74, 6) is -1.08. The number of aryl methyl sites for hydroxylation is 1. The normalized spacial score (nSPS) is 8.14. The van der Waals surface area contributed by atoms with Crippen molar-refractivity contribution in [2.45, 2.75) is 20.8 Å². The molecule has 0 aliphatic carbocycles. The maximum atomic E-state index is 10.4. The van der Waals surface area contributed by atoms with Crippen LogP contribution in [0.1, 0.15) is 35.6 Å². The lowest BCUT2D eigenvalue weighted by atomic mass is 10.2. The maximum absolute atomic E-state index is 10.4. The van der Waals surface area contributed by atoms with E-state index in [4.69, 9.17) is 10.4 Å². The molecule has 0 spiro atoms. The van der Waals surface area contributed by atoms with Gasteiger partial charge in [0.05, 0.1) is 11.3 Å². The van der Waals surface area contributed by atoms with Crippen LogP contribution < -0.4 is 0 Å². The molecule has 74 valence electrons. The van der Waals surface area contributed by atoms with Gasteiger partial charge >= 0.3 is 5.97 Å². The van der Waals surface area contributed by atoms with Crippen LogP contribution >= 0.6 is 0 Å². The van der Waals surface area contributed by atoms with Crippen molar-refractivity contribution >= 4 is 5.97 Å². The molecule has 1 aromatic rings. The van der Waals surface area contributed by atoms with Crippen molar-refractivity contribution in [1.29, 1.82) is 5.26 Å². The third-order valence-corrected chi connectivity index (χ3v) is 1.43. The highest BCUT2D eigenvalue weighted by Crippen LogP contribution is 2.04. The Bertz CT molecular complexity index is 367. The molecule has 0 saturated heterocycles. The lowest BCUT2D eigenvalue weighted by Gasteiger charge is -1.96. The van der Waals surface area contributed by atoms with E-state index in [1.54, 1.807) is 6.92 Å². The third-order valence-electron chi connectivity index (χ3n) is 1.43. The number of hydrogen-bond acceptors (Lipinski definition) is 3. The van der Waals surface area contributed by atoms with Crippen LogP contribution in [0.4, 0.5) is 0 Å². The molecule has 4 nitrogen and oxygen atoms in total. The minimum Gasteiger partial charge on any atom is -0.477 e. The molecule has 0 fully saturated rings. The molecular formula is C10H12N2O2. The fourth-order valence-corrected chi connectivity index (χ4v) is 0.798. The molecule has 0 saturated carbocycles. The van der Waals surface area contributed by atoms with Crippen LogP contribution in [0.5, 0.6) is 0 Å². The van der Waals surface area contributed by atoms with Crippen LogP contribution in [0, 0.1) is 18.3 Å². The maximum Gasteiger partial charge on any atom is 0.354 e. The van der Waals surface area contributed by atoms with Crippen molar-refractivity contribution < 1.29 is 9.90 Å². The number of carbonyl (C=O) groups is 1. The molecule has 0 unspecified atom stereocenters. The Kier molecular flexibility index (Phi) is 4.93. The van der Waals surface area contributed by atoms with Gasteiger partial charge in [-0.1, -0.05) is 13.8 Å². The number of hydrogen-bond donors (Lipinski definition) is 1. The summed E-state index contributed by atoms with van der Waals surface area (Å²) in [5, 5.41) is 17.0. The number of nitriles is 1. The zero-order valence-electron chi connectivity index (χ0n) is 8.40. The molecule has 14 heavy (non-hydrogen) atoms. The van der Waals surface area contributed by atoms with Gasteiger partial charge in [0.1, 0.15) is 11.8 Å². The van der Waals surface area contributed by atoms with Crippen molar-refractivity contribution in [1.82, 2.24) is 4.98 Å². The topological polar surface area (TPSA) is 74.0 Å². The smallest absolute Gasteiger partial charge is 0.354 e. The van der Waals surface area contributed by atoms with Crippen molar-refractivity contribution in [2.75, 3.05) is 0 Å². The molecule has 4 heteroatoms. The van der Waals surface area contributed by atoms with E-state index in [0.29, 0.717) is 11.3 Å². The average Bonchev–Trinajstić information content (AvgIpc) is 2.20. The monoisotopic (exact) mass is 192 g/mol. The number of nitrogens with zero attached hydrogens (tertiary/aromatic N) is 2. The summed E-state index contributed by atoms with van der Waals surface area (Å²) in [6.45, 7) is 5.60. The van der Waals surface area contributed by atoms with Crippen molar-refractivity contribution in [2.24, 2.45) is 0 Å². The Morgan fingerprint density at radius 1 is 1.50 bits per heavy atom. The van der Waals surface area contributed by atoms with E-state index < -0.39 is 5.97 Å². The summed E-state index contributed by atoms with van der Waals surface area (Å²) in [6.07, 6.45) is 0. The molecule has 0 bridgehead atoms. The number of carboxylic acids is 1. The lowest BCUT2D eigenvalue weighted by molar-refractivity contribution is 0.0690. The summed E-state index contributed by atoms with van der Waals surface area (Å²) in [6, 6.07) is 4.67. The number of pyridine rings is 1. The second-order valence-electron chi connectivity index (χ2n) is 2.25. The van der Waals surface area contributed by atoms with Gasteiger partial charge in [0.15, 0.2) is 0 Å². The molecule has 1 aromatic heterocycles. The second-order valence-corrected chi connectivity index (χ2v) is 2.25. The highest BCUT2D eigenvalue weighted by Gasteiger charge is 2.06. The summed E-state index contributed by atoms with van der Waals surface area (Å²) in [7, 11) is 0. The van der Waals surface area contributed by atoms with Crippen molar-refractivity contribution in [3.63, 3.8) is 0 Å². The largest absolute Gasteiger partial charge is 0.477 e. The van der Waals surface area contributed by atoms with Crippen LogP contribution in [0.15, 0.2) is 12.1 Å². The molecular weight excluding hydrogens is 180 g/mol. The second kappa shape index (κ2) is 5.70. The van der Waals surface area contributed by atoms with Crippen LogP contribution in [0.2, 0.25) is 0 Å². The Labute approximate surface area is 82.8 Å². The minimum absolute atomic E-state index is 0.0356. The highest BCUT2D eigenvalue weighted by atomic mass is 16.4. The van der Waals surface area contributed by atoms with E-state index in [0.717, 1.165) is 0 Å². The first-order chi connectivity index (χ1) is 6.65. The van der Waals surface area contributed by atoms with Gasteiger partial charge in [0.25, 0.3) is 0 Å². The van der Waals surface area contributed by atoms with Crippen LogP contribution in [0.25, 0.3) is 0 Å². The van der Waals surface area contributed by atoms with Gasteiger partial charge in [-0.2, -0.15) is 5.26 Å². The standard InChI is InChI=1S/C8H6N2O2.C2H6/c1-5-6(4-9)2-3-7(10-5)8(11)12;1-2/h2-3H,1H3,(H,11,12);1-2H3. The van der Waals surface area contributed by atoms with Crippen molar-refractivity contribution in [3.05, 3.63) is 29.1 Å². The van der Waals surface area contributed by atoms with Gasteiger partial charge < -0.3 is 5.11 Å². The van der Waals surface area contributed by atoms with Gasteiger partial charge in [0, 0.05) is 0 Å². The molecule has 0 aliphatic rings. The lowest BCUT2D eigenvalue weighted by Crippen LogP contribution is -2.02. The zero-order valence-corrected chi connectivity index (χ0v) is 8.40. The Morgan fingerprint density at radius 2 is 2.07 bits per heavy atom. The Balaban J connectivity index is 0.000000791. The number of aromatic carboxylic acids is 1. The zero-order chi connectivity index (χ0) is 11.1. The molecule has 1 rings (SSSR count). The van der Waals surface area contributed by atoms with E-state index in [2.05, 4.69) is 4.98 Å². The van der Waals surface area contributed by atoms with Crippen LogP contribution in [-0.2, 0) is 0 Å². The van der Waals surface area contributed by atoms with Crippen LogP contribution in [0.3, 0.4) is 0 Å². The van der Waals surface area contributed by atoms with E-state index in [9.17, 15) is 4.79 Å². The van der Waals surface area contributed by atoms with Gasteiger partial charge in [-0.25, -0.2) is 9.78 Å². The summed E-state index contributed by atoms with van der Waals surface area (Å²) in [5.41, 5.74) is 0.809. The molecule has 1 heterocycles. The molecule has 0 aromatic carbocycles. The highest BCUT2D eigenvalue weighted by molar-refractivity contribution is 5.85. The van der Waals surface area contributed by atoms with E-state index in [1.807, 2.05) is 19.9 Å². The molecule has 0 radical (unpaired) electrons. The third kappa shape index (κ3) is 2.87. The average molecular weight is 192 g/mol. The van der Waals surface area contributed by atoms with Gasteiger partial charge in [0.2, 0.25) is 0 Å². The van der Waals surface area contributed by atoms with Crippen molar-refractivity contribution in [3.8, 4) is 6.07 Å². The quantitative estimate of drug-likeness (QED) is 0.738. The van der Waals surface area contributed by atoms with E-state index in [1.165, 1.54) is 12.1 Å². The molecule has 1 N–H and O–H groups in total. The van der Waals surface area contributed by atoms with Gasteiger partial charge in [-0.15, -0.1) is 0 Å². The van der Waals surface area contributed by atoms with Gasteiger partial charge in [-0.3, -0.25) is 0 Å². The van der Waals surface area contributed by atoms with E-state index in [-0.39, 0.29) is 5.69 Å². The molecule has 0 amide bonds.